The van der Waals surface area contributed by atoms with E-state index >= 15 is 0 Å². The van der Waals surface area contributed by atoms with Crippen molar-refractivity contribution in [3.8, 4) is 0 Å². The van der Waals surface area contributed by atoms with E-state index < -0.39 is 5.82 Å². The Kier molecular flexibility index (Phi) is 3.41. The molecule has 5 heteroatoms. The van der Waals surface area contributed by atoms with Gasteiger partial charge in [0.25, 0.3) is 0 Å². The highest BCUT2D eigenvalue weighted by molar-refractivity contribution is 5.57. The molecule has 1 heterocycles. The van der Waals surface area contributed by atoms with Crippen molar-refractivity contribution in [2.24, 2.45) is 0 Å². The lowest BCUT2D eigenvalue weighted by molar-refractivity contribution is 0.620. The van der Waals surface area contributed by atoms with E-state index in [1.54, 1.807) is 0 Å². The molecule has 0 spiro atoms. The van der Waals surface area contributed by atoms with Crippen LogP contribution in [0.5, 0.6) is 0 Å². The Bertz CT molecular complexity index is 537. The Labute approximate surface area is 105 Å². The molecule has 0 amide bonds. The number of hydrogen-bond acceptors (Lipinski definition) is 4. The van der Waals surface area contributed by atoms with E-state index in [9.17, 15) is 4.39 Å². The van der Waals surface area contributed by atoms with E-state index in [-0.39, 0.29) is 11.8 Å². The number of nitrogens with one attached hydrogen (secondary N) is 1. The van der Waals surface area contributed by atoms with Gasteiger partial charge in [0, 0.05) is 5.69 Å². The van der Waals surface area contributed by atoms with Crippen LogP contribution in [0.4, 0.5) is 21.8 Å². The van der Waals surface area contributed by atoms with Crippen LogP contribution < -0.4 is 11.1 Å². The van der Waals surface area contributed by atoms with Gasteiger partial charge in [0.15, 0.2) is 11.6 Å². The van der Waals surface area contributed by atoms with E-state index in [1.165, 1.54) is 5.56 Å². The minimum atomic E-state index is -0.530. The molecule has 1 aromatic heterocycles. The Hall–Kier alpha value is -2.17. The van der Waals surface area contributed by atoms with Gasteiger partial charge in [-0.3, -0.25) is 0 Å². The maximum absolute atomic E-state index is 13.4. The summed E-state index contributed by atoms with van der Waals surface area (Å²) < 4.78 is 13.4. The van der Waals surface area contributed by atoms with Gasteiger partial charge in [-0.05, 0) is 23.6 Å². The summed E-state index contributed by atoms with van der Waals surface area (Å²) in [5, 5.41) is 2.87. The first-order chi connectivity index (χ1) is 8.56. The average molecular weight is 246 g/mol. The maximum Gasteiger partial charge on any atom is 0.222 e. The van der Waals surface area contributed by atoms with E-state index in [2.05, 4.69) is 29.1 Å². The molecule has 2 rings (SSSR count). The summed E-state index contributed by atoms with van der Waals surface area (Å²) in [6, 6.07) is 7.76. The summed E-state index contributed by atoms with van der Waals surface area (Å²) in [6.07, 6.45) is 1.05. The number of benzene rings is 1. The minimum Gasteiger partial charge on any atom is -0.368 e. The number of nitrogens with zero attached hydrogens (tertiary/aromatic N) is 2. The third-order valence-corrected chi connectivity index (χ3v) is 2.60. The summed E-state index contributed by atoms with van der Waals surface area (Å²) in [5.41, 5.74) is 7.40. The van der Waals surface area contributed by atoms with Crippen LogP contribution in [0.2, 0.25) is 0 Å². The molecule has 4 nitrogen and oxygen atoms in total. The third kappa shape index (κ3) is 2.74. The molecule has 0 fully saturated rings. The van der Waals surface area contributed by atoms with Crippen molar-refractivity contribution in [2.45, 2.75) is 19.8 Å². The lowest BCUT2D eigenvalue weighted by Gasteiger charge is -2.09. The Morgan fingerprint density at radius 3 is 2.50 bits per heavy atom. The molecule has 18 heavy (non-hydrogen) atoms. The molecule has 0 saturated carbocycles. The van der Waals surface area contributed by atoms with Gasteiger partial charge in [0.2, 0.25) is 5.95 Å². The zero-order valence-corrected chi connectivity index (χ0v) is 10.3. The number of halogens is 1. The largest absolute Gasteiger partial charge is 0.368 e. The molecule has 0 aliphatic heterocycles. The van der Waals surface area contributed by atoms with Crippen LogP contribution in [0.25, 0.3) is 0 Å². The number of hydrogen-bond donors (Lipinski definition) is 2. The molecule has 0 saturated heterocycles. The molecule has 0 unspecified atom stereocenters. The number of anilines is 3. The highest BCUT2D eigenvalue weighted by Crippen LogP contribution is 2.21. The first-order valence-corrected chi connectivity index (χ1v) is 5.71. The minimum absolute atomic E-state index is 0.0395. The lowest BCUT2D eigenvalue weighted by atomic mass is 10.0. The summed E-state index contributed by atoms with van der Waals surface area (Å²) in [4.78, 5) is 7.38. The molecular weight excluding hydrogens is 231 g/mol. The quantitative estimate of drug-likeness (QED) is 0.873. The van der Waals surface area contributed by atoms with E-state index in [0.29, 0.717) is 5.92 Å². The second kappa shape index (κ2) is 5.00. The van der Waals surface area contributed by atoms with Gasteiger partial charge in [0.1, 0.15) is 0 Å². The van der Waals surface area contributed by atoms with Gasteiger partial charge in [-0.15, -0.1) is 0 Å². The summed E-state index contributed by atoms with van der Waals surface area (Å²) in [6.45, 7) is 4.24. The first-order valence-electron chi connectivity index (χ1n) is 5.71. The molecule has 3 N–H and O–H groups in total. The third-order valence-electron chi connectivity index (χ3n) is 2.60. The molecule has 94 valence electrons. The number of nitrogen functional groups attached to an aromatic ring is 1. The first kappa shape index (κ1) is 12.3. The van der Waals surface area contributed by atoms with Crippen LogP contribution in [0.1, 0.15) is 25.3 Å². The number of nitrogens with two attached hydrogens (primary N) is 1. The highest BCUT2D eigenvalue weighted by atomic mass is 19.1. The molecule has 1 aromatic carbocycles. The molecule has 2 aromatic rings. The number of rotatable bonds is 3. The van der Waals surface area contributed by atoms with E-state index in [4.69, 9.17) is 5.73 Å². The van der Waals surface area contributed by atoms with E-state index in [1.807, 2.05) is 24.3 Å². The molecule has 0 aliphatic rings. The molecule has 0 radical (unpaired) electrons. The zero-order valence-electron chi connectivity index (χ0n) is 10.3. The monoisotopic (exact) mass is 246 g/mol. The van der Waals surface area contributed by atoms with Crippen LogP contribution in [0, 0.1) is 5.82 Å². The average Bonchev–Trinajstić information content (AvgIpc) is 2.34. The Morgan fingerprint density at radius 1 is 1.22 bits per heavy atom. The molecule has 0 aliphatic carbocycles. The van der Waals surface area contributed by atoms with E-state index in [0.717, 1.165) is 11.9 Å². The van der Waals surface area contributed by atoms with Crippen molar-refractivity contribution in [1.82, 2.24) is 9.97 Å². The Balaban J connectivity index is 2.21. The van der Waals surface area contributed by atoms with Gasteiger partial charge < -0.3 is 11.1 Å². The second-order valence-corrected chi connectivity index (χ2v) is 4.33. The van der Waals surface area contributed by atoms with Crippen molar-refractivity contribution in [3.63, 3.8) is 0 Å². The predicted octanol–water partition coefficient (Wildman–Crippen LogP) is 3.06. The maximum atomic E-state index is 13.4. The zero-order chi connectivity index (χ0) is 13.1. The lowest BCUT2D eigenvalue weighted by Crippen LogP contribution is -2.02. The van der Waals surface area contributed by atoms with Gasteiger partial charge >= 0.3 is 0 Å². The van der Waals surface area contributed by atoms with Crippen molar-refractivity contribution < 1.29 is 4.39 Å². The van der Waals surface area contributed by atoms with Crippen molar-refractivity contribution in [1.29, 1.82) is 0 Å². The standard InChI is InChI=1S/C13H15FN4/c1-8(2)9-3-5-10(6-4-9)17-12-11(14)7-16-13(15)18-12/h3-8H,1-2H3,(H3,15,16,17,18). The summed E-state index contributed by atoms with van der Waals surface area (Å²) >= 11 is 0. The summed E-state index contributed by atoms with van der Waals surface area (Å²) in [5.74, 6) is 0.0557. The van der Waals surface area contributed by atoms with Crippen molar-refractivity contribution in [3.05, 3.63) is 41.8 Å². The van der Waals surface area contributed by atoms with Crippen LogP contribution in [-0.4, -0.2) is 9.97 Å². The van der Waals surface area contributed by atoms with Crippen molar-refractivity contribution in [2.75, 3.05) is 11.1 Å². The van der Waals surface area contributed by atoms with Crippen LogP contribution in [0.3, 0.4) is 0 Å². The van der Waals surface area contributed by atoms with Crippen LogP contribution >= 0.6 is 0 Å². The number of aromatic nitrogens is 2. The normalized spacial score (nSPS) is 10.7. The van der Waals surface area contributed by atoms with Crippen molar-refractivity contribution >= 4 is 17.5 Å². The fourth-order valence-corrected chi connectivity index (χ4v) is 1.56. The molecule has 0 atom stereocenters. The van der Waals surface area contributed by atoms with Gasteiger partial charge in [-0.2, -0.15) is 4.98 Å². The topological polar surface area (TPSA) is 63.8 Å². The highest BCUT2D eigenvalue weighted by Gasteiger charge is 2.06. The van der Waals surface area contributed by atoms with Gasteiger partial charge in [-0.25, -0.2) is 9.37 Å². The molecular formula is C13H15FN4. The van der Waals surface area contributed by atoms with Crippen LogP contribution in [0.15, 0.2) is 30.5 Å². The SMILES string of the molecule is CC(C)c1ccc(Nc2nc(N)ncc2F)cc1. The fraction of sp³-hybridized carbons (Fsp3) is 0.231. The second-order valence-electron chi connectivity index (χ2n) is 4.33. The Morgan fingerprint density at radius 2 is 1.89 bits per heavy atom. The summed E-state index contributed by atoms with van der Waals surface area (Å²) in [7, 11) is 0. The predicted molar refractivity (Wildman–Crippen MR) is 70.2 cm³/mol. The fourth-order valence-electron chi connectivity index (χ4n) is 1.56. The van der Waals surface area contributed by atoms with Gasteiger partial charge in [-0.1, -0.05) is 26.0 Å². The molecule has 0 bridgehead atoms. The smallest absolute Gasteiger partial charge is 0.222 e. The van der Waals surface area contributed by atoms with Gasteiger partial charge in [0.05, 0.1) is 6.20 Å². The van der Waals surface area contributed by atoms with Crippen LogP contribution in [-0.2, 0) is 0 Å².